The molecule has 156 valence electrons. The molecule has 4 rings (SSSR count). The van der Waals surface area contributed by atoms with Gasteiger partial charge < -0.3 is 5.32 Å². The van der Waals surface area contributed by atoms with E-state index in [0.29, 0.717) is 5.56 Å². The van der Waals surface area contributed by atoms with Crippen LogP contribution in [0.1, 0.15) is 40.5 Å². The van der Waals surface area contributed by atoms with Gasteiger partial charge in [-0.2, -0.15) is 5.10 Å². The Labute approximate surface area is 175 Å². The molecule has 1 amide bonds. The van der Waals surface area contributed by atoms with Crippen LogP contribution in [0.5, 0.6) is 0 Å². The largest absolute Gasteiger partial charge is 0.343 e. The highest BCUT2D eigenvalue weighted by Gasteiger charge is 2.30. The zero-order valence-electron chi connectivity index (χ0n) is 17.0. The topological polar surface area (TPSA) is 63.0 Å². The highest BCUT2D eigenvalue weighted by Crippen LogP contribution is 2.31. The summed E-state index contributed by atoms with van der Waals surface area (Å²) in [5, 5.41) is 7.35. The molecule has 1 saturated heterocycles. The second-order valence-electron chi connectivity index (χ2n) is 7.85. The van der Waals surface area contributed by atoms with Gasteiger partial charge in [-0.3, -0.25) is 19.4 Å². The number of likely N-dealkylation sites (tertiary alicyclic amines) is 1. The number of carbonyl (C=O) groups is 1. The summed E-state index contributed by atoms with van der Waals surface area (Å²) in [5.41, 5.74) is 2.37. The normalized spacial score (nSPS) is 16.3. The summed E-state index contributed by atoms with van der Waals surface area (Å²) in [6.45, 7) is 2.77. The van der Waals surface area contributed by atoms with E-state index in [2.05, 4.69) is 20.3 Å². The Hall–Kier alpha value is -3.06. The van der Waals surface area contributed by atoms with E-state index in [4.69, 9.17) is 0 Å². The molecule has 0 spiro atoms. The molecule has 0 aliphatic carbocycles. The molecule has 2 aromatic heterocycles. The van der Waals surface area contributed by atoms with E-state index in [1.165, 1.54) is 17.7 Å². The van der Waals surface area contributed by atoms with Crippen molar-refractivity contribution in [2.75, 3.05) is 13.1 Å². The molecule has 1 aromatic carbocycles. The van der Waals surface area contributed by atoms with Gasteiger partial charge in [-0.15, -0.1) is 0 Å². The minimum Gasteiger partial charge on any atom is -0.343 e. The molecule has 1 fully saturated rings. The molecule has 0 radical (unpaired) electrons. The third kappa shape index (κ3) is 4.91. The predicted molar refractivity (Wildman–Crippen MR) is 112 cm³/mol. The molecule has 1 atom stereocenters. The van der Waals surface area contributed by atoms with Gasteiger partial charge in [0, 0.05) is 37.1 Å². The molecular formula is C23H26FN5O. The molecule has 6 nitrogen and oxygen atoms in total. The summed E-state index contributed by atoms with van der Waals surface area (Å²) in [6.07, 6.45) is 7.59. The fraction of sp³-hybridized carbons (Fsp3) is 0.348. The number of piperidine rings is 1. The van der Waals surface area contributed by atoms with Gasteiger partial charge in [0.25, 0.3) is 5.91 Å². The van der Waals surface area contributed by atoms with Crippen LogP contribution in [-0.2, 0) is 13.6 Å². The van der Waals surface area contributed by atoms with Gasteiger partial charge in [0.05, 0.1) is 17.9 Å². The standard InChI is InChI=1S/C23H26FN5O/c1-28-15-17(14-26-28)16-29-11-8-18(9-12-29)22(21-7-2-3-10-25-21)27-23(30)19-5-4-6-20(24)13-19/h2-7,10,13-15,18,22H,8-9,11-12,16H2,1H3,(H,27,30)/t22-/m0/s1. The molecule has 1 aliphatic rings. The zero-order chi connectivity index (χ0) is 20.9. The Morgan fingerprint density at radius 1 is 1.23 bits per heavy atom. The maximum absolute atomic E-state index is 13.6. The van der Waals surface area contributed by atoms with Gasteiger partial charge in [0.15, 0.2) is 0 Å². The average molecular weight is 407 g/mol. The summed E-state index contributed by atoms with van der Waals surface area (Å²) < 4.78 is 15.4. The van der Waals surface area contributed by atoms with Crippen LogP contribution in [0, 0.1) is 11.7 Å². The molecule has 7 heteroatoms. The first-order valence-corrected chi connectivity index (χ1v) is 10.3. The van der Waals surface area contributed by atoms with Crippen molar-refractivity contribution in [2.45, 2.75) is 25.4 Å². The summed E-state index contributed by atoms with van der Waals surface area (Å²) in [4.78, 5) is 19.7. The number of benzene rings is 1. The summed E-state index contributed by atoms with van der Waals surface area (Å²) in [6, 6.07) is 11.3. The van der Waals surface area contributed by atoms with E-state index in [1.807, 2.05) is 42.3 Å². The first kappa shape index (κ1) is 20.2. The lowest BCUT2D eigenvalue weighted by molar-refractivity contribution is 0.0888. The Kier molecular flexibility index (Phi) is 6.18. The SMILES string of the molecule is Cn1cc(CN2CCC([C@H](NC(=O)c3cccc(F)c3)c3ccccn3)CC2)cn1. The number of halogens is 1. The molecule has 1 aliphatic heterocycles. The maximum Gasteiger partial charge on any atom is 0.251 e. The number of nitrogens with one attached hydrogen (secondary N) is 1. The van der Waals surface area contributed by atoms with E-state index in [0.717, 1.165) is 38.2 Å². The van der Waals surface area contributed by atoms with Crippen LogP contribution < -0.4 is 5.32 Å². The lowest BCUT2D eigenvalue weighted by Gasteiger charge is -2.36. The Bertz CT molecular complexity index is 982. The second-order valence-corrected chi connectivity index (χ2v) is 7.85. The minimum absolute atomic E-state index is 0.206. The maximum atomic E-state index is 13.6. The van der Waals surface area contributed by atoms with Crippen LogP contribution in [0.15, 0.2) is 61.1 Å². The van der Waals surface area contributed by atoms with E-state index in [1.54, 1.807) is 18.3 Å². The highest BCUT2D eigenvalue weighted by molar-refractivity contribution is 5.94. The number of hydrogen-bond donors (Lipinski definition) is 1. The molecule has 0 saturated carbocycles. The number of rotatable bonds is 6. The van der Waals surface area contributed by atoms with Gasteiger partial charge in [-0.25, -0.2) is 4.39 Å². The number of pyridine rings is 1. The smallest absolute Gasteiger partial charge is 0.251 e. The molecule has 0 unspecified atom stereocenters. The number of amides is 1. The molecule has 3 aromatic rings. The van der Waals surface area contributed by atoms with Crippen LogP contribution in [0.4, 0.5) is 4.39 Å². The Morgan fingerprint density at radius 3 is 2.73 bits per heavy atom. The molecule has 0 bridgehead atoms. The Morgan fingerprint density at radius 2 is 2.07 bits per heavy atom. The van der Waals surface area contributed by atoms with Crippen LogP contribution in [0.2, 0.25) is 0 Å². The van der Waals surface area contributed by atoms with Crippen molar-refractivity contribution in [2.24, 2.45) is 13.0 Å². The fourth-order valence-corrected chi connectivity index (χ4v) is 4.10. The number of aryl methyl sites for hydroxylation is 1. The average Bonchev–Trinajstić information content (AvgIpc) is 3.17. The van der Waals surface area contributed by atoms with Gasteiger partial charge in [0.2, 0.25) is 0 Å². The summed E-state index contributed by atoms with van der Waals surface area (Å²) >= 11 is 0. The molecule has 1 N–H and O–H groups in total. The third-order valence-electron chi connectivity index (χ3n) is 5.65. The van der Waals surface area contributed by atoms with Crippen molar-refractivity contribution in [3.05, 3.63) is 83.7 Å². The van der Waals surface area contributed by atoms with Gasteiger partial charge >= 0.3 is 0 Å². The van der Waals surface area contributed by atoms with Crippen LogP contribution in [-0.4, -0.2) is 38.7 Å². The van der Waals surface area contributed by atoms with E-state index in [9.17, 15) is 9.18 Å². The summed E-state index contributed by atoms with van der Waals surface area (Å²) in [7, 11) is 1.93. The van der Waals surface area contributed by atoms with Gasteiger partial charge in [0.1, 0.15) is 5.82 Å². The number of aromatic nitrogens is 3. The summed E-state index contributed by atoms with van der Waals surface area (Å²) in [5.74, 6) is -0.425. The lowest BCUT2D eigenvalue weighted by Crippen LogP contribution is -2.40. The lowest BCUT2D eigenvalue weighted by atomic mass is 9.87. The number of nitrogens with zero attached hydrogens (tertiary/aromatic N) is 4. The highest BCUT2D eigenvalue weighted by atomic mass is 19.1. The van der Waals surface area contributed by atoms with Crippen molar-refractivity contribution >= 4 is 5.91 Å². The van der Waals surface area contributed by atoms with Crippen molar-refractivity contribution in [1.29, 1.82) is 0 Å². The van der Waals surface area contributed by atoms with Crippen molar-refractivity contribution in [3.8, 4) is 0 Å². The third-order valence-corrected chi connectivity index (χ3v) is 5.65. The number of carbonyl (C=O) groups excluding carboxylic acids is 1. The van der Waals surface area contributed by atoms with Crippen molar-refractivity contribution < 1.29 is 9.18 Å². The quantitative estimate of drug-likeness (QED) is 0.681. The van der Waals surface area contributed by atoms with E-state index in [-0.39, 0.29) is 17.9 Å². The zero-order valence-corrected chi connectivity index (χ0v) is 17.0. The monoisotopic (exact) mass is 407 g/mol. The minimum atomic E-state index is -0.416. The van der Waals surface area contributed by atoms with Gasteiger partial charge in [-0.05, 0) is 62.2 Å². The van der Waals surface area contributed by atoms with Gasteiger partial charge in [-0.1, -0.05) is 12.1 Å². The first-order valence-electron chi connectivity index (χ1n) is 10.3. The molecule has 30 heavy (non-hydrogen) atoms. The van der Waals surface area contributed by atoms with Crippen molar-refractivity contribution in [1.82, 2.24) is 25.0 Å². The first-order chi connectivity index (χ1) is 14.6. The number of hydrogen-bond acceptors (Lipinski definition) is 4. The van der Waals surface area contributed by atoms with Crippen LogP contribution in [0.3, 0.4) is 0 Å². The van der Waals surface area contributed by atoms with E-state index < -0.39 is 5.82 Å². The van der Waals surface area contributed by atoms with Crippen LogP contribution >= 0.6 is 0 Å². The fourth-order valence-electron chi connectivity index (χ4n) is 4.10. The predicted octanol–water partition coefficient (Wildman–Crippen LogP) is 3.34. The Balaban J connectivity index is 1.45. The van der Waals surface area contributed by atoms with E-state index >= 15 is 0 Å². The van der Waals surface area contributed by atoms with Crippen molar-refractivity contribution in [3.63, 3.8) is 0 Å². The molecule has 3 heterocycles. The molecular weight excluding hydrogens is 381 g/mol. The van der Waals surface area contributed by atoms with Crippen LogP contribution in [0.25, 0.3) is 0 Å². The second kappa shape index (κ2) is 9.17.